The van der Waals surface area contributed by atoms with Gasteiger partial charge in [-0.1, -0.05) is 23.2 Å². The van der Waals surface area contributed by atoms with E-state index in [2.05, 4.69) is 14.9 Å². The average Bonchev–Trinajstić information content (AvgIpc) is 2.79. The van der Waals surface area contributed by atoms with Gasteiger partial charge in [0.2, 0.25) is 0 Å². The number of benzene rings is 1. The third kappa shape index (κ3) is 6.35. The summed E-state index contributed by atoms with van der Waals surface area (Å²) in [7, 11) is -3.80. The number of aromatic nitrogens is 2. The molecule has 0 N–H and O–H groups in total. The van der Waals surface area contributed by atoms with Gasteiger partial charge in [0.15, 0.2) is 5.82 Å². The molecule has 1 aliphatic heterocycles. The molecule has 180 valence electrons. The van der Waals surface area contributed by atoms with Crippen LogP contribution in [-0.4, -0.2) is 37.7 Å². The maximum absolute atomic E-state index is 15.2. The van der Waals surface area contributed by atoms with Crippen LogP contribution in [0.2, 0.25) is 10.0 Å². The third-order valence-electron chi connectivity index (χ3n) is 5.20. The van der Waals surface area contributed by atoms with Gasteiger partial charge >= 0.3 is 0 Å². The van der Waals surface area contributed by atoms with Crippen molar-refractivity contribution in [3.05, 3.63) is 64.0 Å². The van der Waals surface area contributed by atoms with Gasteiger partial charge in [0.25, 0.3) is 16.0 Å². The van der Waals surface area contributed by atoms with Gasteiger partial charge in [-0.3, -0.25) is 4.18 Å². The Hall–Kier alpha value is -2.46. The first-order valence-electron chi connectivity index (χ1n) is 10.6. The molecular formula is C23H22Cl2FN3O4S. The van der Waals surface area contributed by atoms with Crippen LogP contribution in [0.25, 0.3) is 11.3 Å². The largest absolute Gasteiger partial charge is 0.435 e. The fourth-order valence-corrected chi connectivity index (χ4v) is 4.47. The Labute approximate surface area is 207 Å². The van der Waals surface area contributed by atoms with Crippen molar-refractivity contribution in [2.24, 2.45) is 0 Å². The van der Waals surface area contributed by atoms with Crippen LogP contribution in [0, 0.1) is 5.82 Å². The van der Waals surface area contributed by atoms with E-state index in [0.29, 0.717) is 15.6 Å². The van der Waals surface area contributed by atoms with Crippen molar-refractivity contribution < 1.29 is 21.7 Å². The number of hydrogen-bond acceptors (Lipinski definition) is 7. The van der Waals surface area contributed by atoms with Crippen LogP contribution in [0.4, 0.5) is 10.2 Å². The van der Waals surface area contributed by atoms with Crippen molar-refractivity contribution in [3.8, 4) is 22.9 Å². The smallest absolute Gasteiger partial charge is 0.264 e. The van der Waals surface area contributed by atoms with E-state index in [1.807, 2.05) is 6.07 Å². The molecule has 3 heterocycles. The highest BCUT2D eigenvalue weighted by molar-refractivity contribution is 7.85. The van der Waals surface area contributed by atoms with Crippen LogP contribution in [0.5, 0.6) is 11.6 Å². The molecule has 0 amide bonds. The lowest BCUT2D eigenvalue weighted by molar-refractivity contribution is 0.302. The zero-order valence-corrected chi connectivity index (χ0v) is 20.6. The van der Waals surface area contributed by atoms with Crippen molar-refractivity contribution in [1.29, 1.82) is 0 Å². The lowest BCUT2D eigenvalue weighted by Crippen LogP contribution is -2.29. The van der Waals surface area contributed by atoms with E-state index in [-0.39, 0.29) is 22.9 Å². The number of nitrogens with zero attached hydrogens (tertiary/aromatic N) is 3. The zero-order valence-electron chi connectivity index (χ0n) is 18.3. The molecule has 1 aromatic carbocycles. The number of pyridine rings is 2. The predicted octanol–water partition coefficient (Wildman–Crippen LogP) is 5.85. The van der Waals surface area contributed by atoms with Crippen LogP contribution in [0.3, 0.4) is 0 Å². The maximum Gasteiger partial charge on any atom is 0.264 e. The molecule has 4 rings (SSSR count). The molecule has 3 aromatic rings. The second-order valence-electron chi connectivity index (χ2n) is 7.91. The molecule has 1 saturated heterocycles. The van der Waals surface area contributed by atoms with Gasteiger partial charge in [-0.05, 0) is 55.7 Å². The van der Waals surface area contributed by atoms with Gasteiger partial charge in [0.1, 0.15) is 11.6 Å². The standard InChI is InChI=1S/C23H22Cl2FN3O4S/c1-34(30,31)32-14-16-11-20(15-9-17(24)12-18(25)10-15)28-23(22(16)26)33-19-5-6-21(27-13-19)29-7-3-2-4-8-29/h5-6,9-13H,2-4,7-8,14H2,1H3. The number of anilines is 1. The molecule has 0 aliphatic carbocycles. The van der Waals surface area contributed by atoms with E-state index in [1.165, 1.54) is 18.7 Å². The van der Waals surface area contributed by atoms with Crippen LogP contribution >= 0.6 is 23.2 Å². The van der Waals surface area contributed by atoms with Gasteiger partial charge < -0.3 is 9.64 Å². The lowest BCUT2D eigenvalue weighted by atomic mass is 10.1. The van der Waals surface area contributed by atoms with E-state index in [4.69, 9.17) is 32.1 Å². The molecule has 11 heteroatoms. The summed E-state index contributed by atoms with van der Waals surface area (Å²) in [5, 5.41) is 0.727. The quantitative estimate of drug-likeness (QED) is 0.358. The minimum atomic E-state index is -3.80. The summed E-state index contributed by atoms with van der Waals surface area (Å²) in [4.78, 5) is 10.9. The molecule has 0 spiro atoms. The third-order valence-corrected chi connectivity index (χ3v) is 6.19. The Kier molecular flexibility index (Phi) is 7.57. The number of halogens is 3. The molecule has 1 aliphatic rings. The average molecular weight is 526 g/mol. The SMILES string of the molecule is CS(=O)(=O)OCc1cc(-c2cc(Cl)cc(Cl)c2)nc(Oc2ccc(N3CCCCC3)nc2)c1F. The Morgan fingerprint density at radius 1 is 1.06 bits per heavy atom. The topological polar surface area (TPSA) is 81.6 Å². The minimum Gasteiger partial charge on any atom is -0.435 e. The first-order valence-corrected chi connectivity index (χ1v) is 13.1. The van der Waals surface area contributed by atoms with Gasteiger partial charge in [-0.25, -0.2) is 14.4 Å². The Morgan fingerprint density at radius 2 is 1.76 bits per heavy atom. The van der Waals surface area contributed by atoms with Gasteiger partial charge in [0.05, 0.1) is 24.8 Å². The second kappa shape index (κ2) is 10.4. The molecule has 0 radical (unpaired) electrons. The number of piperidine rings is 1. The maximum atomic E-state index is 15.2. The van der Waals surface area contributed by atoms with Gasteiger partial charge in [-0.2, -0.15) is 8.42 Å². The molecule has 7 nitrogen and oxygen atoms in total. The highest BCUT2D eigenvalue weighted by atomic mass is 35.5. The summed E-state index contributed by atoms with van der Waals surface area (Å²) < 4.78 is 48.6. The summed E-state index contributed by atoms with van der Waals surface area (Å²) in [6, 6.07) is 9.63. The summed E-state index contributed by atoms with van der Waals surface area (Å²) >= 11 is 12.2. The van der Waals surface area contributed by atoms with Crippen molar-refractivity contribution in [1.82, 2.24) is 9.97 Å². The van der Waals surface area contributed by atoms with Crippen LogP contribution in [0.15, 0.2) is 42.6 Å². The number of ether oxygens (including phenoxy) is 1. The Bertz CT molecular complexity index is 1260. The monoisotopic (exact) mass is 525 g/mol. The molecule has 0 atom stereocenters. The molecule has 0 unspecified atom stereocenters. The van der Waals surface area contributed by atoms with E-state index in [0.717, 1.165) is 38.0 Å². The summed E-state index contributed by atoms with van der Waals surface area (Å²) in [6.45, 7) is 1.35. The van der Waals surface area contributed by atoms with Crippen molar-refractivity contribution in [2.75, 3.05) is 24.2 Å². The summed E-state index contributed by atoms with van der Waals surface area (Å²) in [6.07, 6.45) is 5.83. The van der Waals surface area contributed by atoms with Crippen molar-refractivity contribution >= 4 is 39.1 Å². The van der Waals surface area contributed by atoms with Crippen molar-refractivity contribution in [2.45, 2.75) is 25.9 Å². The van der Waals surface area contributed by atoms with E-state index < -0.39 is 22.5 Å². The highest BCUT2D eigenvalue weighted by Gasteiger charge is 2.19. The molecule has 0 saturated carbocycles. The predicted molar refractivity (Wildman–Crippen MR) is 130 cm³/mol. The highest BCUT2D eigenvalue weighted by Crippen LogP contribution is 2.32. The fourth-order valence-electron chi connectivity index (χ4n) is 3.60. The number of rotatable bonds is 7. The fraction of sp³-hybridized carbons (Fsp3) is 0.304. The summed E-state index contributed by atoms with van der Waals surface area (Å²) in [5.74, 6) is -0.0951. The minimum absolute atomic E-state index is 0.0561. The number of hydrogen-bond donors (Lipinski definition) is 0. The molecule has 1 fully saturated rings. The van der Waals surface area contributed by atoms with Gasteiger partial charge in [0, 0.05) is 34.3 Å². The van der Waals surface area contributed by atoms with E-state index in [9.17, 15) is 8.42 Å². The van der Waals surface area contributed by atoms with Crippen LogP contribution in [0.1, 0.15) is 24.8 Å². The molecule has 2 aromatic heterocycles. The summed E-state index contributed by atoms with van der Waals surface area (Å²) in [5.41, 5.74) is 0.728. The molecular weight excluding hydrogens is 504 g/mol. The first kappa shape index (κ1) is 24.7. The van der Waals surface area contributed by atoms with Crippen LogP contribution in [-0.2, 0) is 20.9 Å². The van der Waals surface area contributed by atoms with E-state index in [1.54, 1.807) is 24.3 Å². The molecule has 34 heavy (non-hydrogen) atoms. The van der Waals surface area contributed by atoms with E-state index >= 15 is 4.39 Å². The van der Waals surface area contributed by atoms with Crippen LogP contribution < -0.4 is 9.64 Å². The lowest BCUT2D eigenvalue weighted by Gasteiger charge is -2.27. The zero-order chi connectivity index (χ0) is 24.3. The Balaban J connectivity index is 1.67. The Morgan fingerprint density at radius 3 is 2.38 bits per heavy atom. The molecule has 0 bridgehead atoms. The second-order valence-corrected chi connectivity index (χ2v) is 10.4. The first-order chi connectivity index (χ1) is 16.2. The van der Waals surface area contributed by atoms with Crippen molar-refractivity contribution in [3.63, 3.8) is 0 Å². The normalized spacial score (nSPS) is 14.3. The van der Waals surface area contributed by atoms with Gasteiger partial charge in [-0.15, -0.1) is 0 Å².